The van der Waals surface area contributed by atoms with E-state index in [0.717, 1.165) is 17.8 Å². The van der Waals surface area contributed by atoms with Gasteiger partial charge in [-0.3, -0.25) is 0 Å². The highest BCUT2D eigenvalue weighted by molar-refractivity contribution is 7.91. The Labute approximate surface area is 129 Å². The van der Waals surface area contributed by atoms with E-state index >= 15 is 0 Å². The van der Waals surface area contributed by atoms with E-state index in [4.69, 9.17) is 15.7 Å². The number of ether oxygens (including phenoxy) is 1. The van der Waals surface area contributed by atoms with E-state index in [1.54, 1.807) is 6.92 Å². The fraction of sp³-hybridized carbons (Fsp3) is 0.615. The van der Waals surface area contributed by atoms with E-state index in [1.165, 1.54) is 0 Å². The molecule has 1 atom stereocenters. The summed E-state index contributed by atoms with van der Waals surface area (Å²) >= 11 is 1.15. The van der Waals surface area contributed by atoms with E-state index in [0.29, 0.717) is 24.7 Å². The van der Waals surface area contributed by atoms with Gasteiger partial charge in [0, 0.05) is 13.1 Å². The molecule has 21 heavy (non-hydrogen) atoms. The number of morpholine rings is 1. The Morgan fingerprint density at radius 1 is 1.52 bits per heavy atom. The highest BCUT2D eigenvalue weighted by atomic mass is 32.2. The molecule has 1 aliphatic heterocycles. The van der Waals surface area contributed by atoms with E-state index in [-0.39, 0.29) is 27.3 Å². The number of nitrogen functional groups attached to an aromatic ring is 1. The normalized spacial score (nSPS) is 19.5. The van der Waals surface area contributed by atoms with Gasteiger partial charge in [0.15, 0.2) is 9.84 Å². The maximum atomic E-state index is 12.3. The lowest BCUT2D eigenvalue weighted by atomic mass is 10.2. The fourth-order valence-electron chi connectivity index (χ4n) is 2.30. The van der Waals surface area contributed by atoms with Crippen LogP contribution in [0.5, 0.6) is 0 Å². The first kappa shape index (κ1) is 16.1. The molecule has 0 spiro atoms. The summed E-state index contributed by atoms with van der Waals surface area (Å²) < 4.78 is 30.3. The van der Waals surface area contributed by atoms with Crippen LogP contribution in [0.2, 0.25) is 0 Å². The molecular formula is C13H19N3O3S2. The maximum Gasteiger partial charge on any atom is 0.183 e. The number of nitriles is 1. The first-order valence-electron chi connectivity index (χ1n) is 6.86. The summed E-state index contributed by atoms with van der Waals surface area (Å²) in [6.45, 7) is 5.38. The van der Waals surface area contributed by atoms with Gasteiger partial charge >= 0.3 is 0 Å². The molecule has 116 valence electrons. The highest BCUT2D eigenvalue weighted by Gasteiger charge is 2.31. The van der Waals surface area contributed by atoms with Crippen molar-refractivity contribution in [3.05, 3.63) is 4.88 Å². The third kappa shape index (κ3) is 3.00. The summed E-state index contributed by atoms with van der Waals surface area (Å²) in [7, 11) is -3.47. The van der Waals surface area contributed by atoms with Crippen LogP contribution in [0.25, 0.3) is 0 Å². The van der Waals surface area contributed by atoms with Gasteiger partial charge in [-0.2, -0.15) is 5.26 Å². The van der Waals surface area contributed by atoms with Gasteiger partial charge < -0.3 is 15.4 Å². The number of nitrogens with two attached hydrogens (primary N) is 1. The van der Waals surface area contributed by atoms with Crippen molar-refractivity contribution in [3.63, 3.8) is 0 Å². The van der Waals surface area contributed by atoms with Crippen molar-refractivity contribution in [1.82, 2.24) is 0 Å². The molecular weight excluding hydrogens is 310 g/mol. The molecule has 2 rings (SSSR count). The standard InChI is InChI=1S/C13H19N3O3S2/c1-3-9-8-16(5-6-19-9)13-12(21(17,18)4-2)11(15)10(7-14)20-13/h9H,3-6,8,15H2,1-2H3. The fourth-order valence-corrected chi connectivity index (χ4v) is 4.94. The molecule has 1 unspecified atom stereocenters. The lowest BCUT2D eigenvalue weighted by molar-refractivity contribution is 0.0385. The summed E-state index contributed by atoms with van der Waals surface area (Å²) in [4.78, 5) is 2.35. The van der Waals surface area contributed by atoms with Gasteiger partial charge in [-0.25, -0.2) is 8.42 Å². The minimum absolute atomic E-state index is 0.0344. The molecule has 0 radical (unpaired) electrons. The average Bonchev–Trinajstić information content (AvgIpc) is 2.84. The maximum absolute atomic E-state index is 12.3. The summed E-state index contributed by atoms with van der Waals surface area (Å²) in [5, 5.41) is 9.71. The zero-order valence-corrected chi connectivity index (χ0v) is 13.8. The molecule has 0 aliphatic carbocycles. The van der Waals surface area contributed by atoms with Gasteiger partial charge in [0.2, 0.25) is 0 Å². The van der Waals surface area contributed by atoms with Gasteiger partial charge in [-0.05, 0) is 6.42 Å². The van der Waals surface area contributed by atoms with E-state index in [9.17, 15) is 8.42 Å². The van der Waals surface area contributed by atoms with E-state index in [2.05, 4.69) is 0 Å². The molecule has 0 amide bonds. The molecule has 1 saturated heterocycles. The molecule has 2 N–H and O–H groups in total. The second-order valence-electron chi connectivity index (χ2n) is 4.84. The van der Waals surface area contributed by atoms with Crippen molar-refractivity contribution in [1.29, 1.82) is 5.26 Å². The second-order valence-corrected chi connectivity index (χ2v) is 8.06. The Balaban J connectivity index is 2.51. The third-order valence-corrected chi connectivity index (χ3v) is 6.65. The first-order valence-corrected chi connectivity index (χ1v) is 9.33. The van der Waals surface area contributed by atoms with Gasteiger partial charge in [0.25, 0.3) is 0 Å². The molecule has 6 nitrogen and oxygen atoms in total. The van der Waals surface area contributed by atoms with Crippen molar-refractivity contribution in [2.45, 2.75) is 31.3 Å². The zero-order chi connectivity index (χ0) is 15.6. The highest BCUT2D eigenvalue weighted by Crippen LogP contribution is 2.42. The van der Waals surface area contributed by atoms with Crippen LogP contribution in [0, 0.1) is 11.3 Å². The Bertz CT molecular complexity index is 661. The van der Waals surface area contributed by atoms with Crippen LogP contribution in [0.3, 0.4) is 0 Å². The van der Waals surface area contributed by atoms with Crippen LogP contribution >= 0.6 is 11.3 Å². The molecule has 1 aliphatic rings. The average molecular weight is 329 g/mol. The van der Waals surface area contributed by atoms with Crippen molar-refractivity contribution < 1.29 is 13.2 Å². The Kier molecular flexibility index (Phi) is 4.76. The van der Waals surface area contributed by atoms with Crippen LogP contribution in [0.4, 0.5) is 10.7 Å². The number of hydrogen-bond donors (Lipinski definition) is 1. The quantitative estimate of drug-likeness (QED) is 0.901. The van der Waals surface area contributed by atoms with Crippen LogP contribution in [0.1, 0.15) is 25.1 Å². The molecule has 1 fully saturated rings. The molecule has 1 aromatic heterocycles. The third-order valence-electron chi connectivity index (χ3n) is 3.56. The number of thiophene rings is 1. The Morgan fingerprint density at radius 2 is 2.24 bits per heavy atom. The lowest BCUT2D eigenvalue weighted by Crippen LogP contribution is -2.42. The van der Waals surface area contributed by atoms with E-state index in [1.807, 2.05) is 17.9 Å². The van der Waals surface area contributed by atoms with Crippen molar-refractivity contribution in [3.8, 4) is 6.07 Å². The molecule has 2 heterocycles. The SMILES string of the molecule is CCC1CN(c2sc(C#N)c(N)c2S(=O)(=O)CC)CCO1. The summed E-state index contributed by atoms with van der Waals surface area (Å²) in [6.07, 6.45) is 0.933. The van der Waals surface area contributed by atoms with Crippen LogP contribution < -0.4 is 10.6 Å². The minimum Gasteiger partial charge on any atom is -0.396 e. The largest absolute Gasteiger partial charge is 0.396 e. The second kappa shape index (κ2) is 6.22. The minimum atomic E-state index is -3.47. The van der Waals surface area contributed by atoms with Crippen LogP contribution in [-0.4, -0.2) is 40.0 Å². The van der Waals surface area contributed by atoms with Crippen molar-refractivity contribution in [2.24, 2.45) is 0 Å². The first-order chi connectivity index (χ1) is 9.94. The molecule has 8 heteroatoms. The molecule has 0 saturated carbocycles. The molecule has 0 aromatic carbocycles. The number of hydrogen-bond acceptors (Lipinski definition) is 7. The Morgan fingerprint density at radius 3 is 2.81 bits per heavy atom. The van der Waals surface area contributed by atoms with Gasteiger partial charge in [-0.1, -0.05) is 13.8 Å². The van der Waals surface area contributed by atoms with E-state index < -0.39 is 9.84 Å². The molecule has 1 aromatic rings. The summed E-state index contributed by atoms with van der Waals surface area (Å²) in [5.74, 6) is -0.0344. The monoisotopic (exact) mass is 329 g/mol. The number of anilines is 2. The topological polar surface area (TPSA) is 96.4 Å². The van der Waals surface area contributed by atoms with Gasteiger partial charge in [0.1, 0.15) is 20.8 Å². The number of nitrogens with zero attached hydrogens (tertiary/aromatic N) is 2. The number of rotatable bonds is 4. The smallest absolute Gasteiger partial charge is 0.183 e. The van der Waals surface area contributed by atoms with Crippen molar-refractivity contribution in [2.75, 3.05) is 36.1 Å². The predicted octanol–water partition coefficient (Wildman–Crippen LogP) is 1.61. The molecule has 0 bridgehead atoms. The van der Waals surface area contributed by atoms with Gasteiger partial charge in [0.05, 0.1) is 24.2 Å². The number of sulfone groups is 1. The lowest BCUT2D eigenvalue weighted by Gasteiger charge is -2.33. The zero-order valence-electron chi connectivity index (χ0n) is 12.1. The van der Waals surface area contributed by atoms with Gasteiger partial charge in [-0.15, -0.1) is 11.3 Å². The summed E-state index contributed by atoms with van der Waals surface area (Å²) in [5.41, 5.74) is 5.98. The van der Waals surface area contributed by atoms with Crippen LogP contribution in [-0.2, 0) is 14.6 Å². The van der Waals surface area contributed by atoms with Crippen LogP contribution in [0.15, 0.2) is 4.90 Å². The Hall–Kier alpha value is -1.30. The summed E-state index contributed by atoms with van der Waals surface area (Å²) in [6, 6.07) is 1.99. The van der Waals surface area contributed by atoms with Crippen molar-refractivity contribution >= 4 is 31.9 Å². The predicted molar refractivity (Wildman–Crippen MR) is 83.4 cm³/mol.